The number of nitrogens with zero attached hydrogens (tertiary/aromatic N) is 2. The normalized spacial score (nSPS) is 17.6. The highest BCUT2D eigenvalue weighted by Gasteiger charge is 2.34. The molecule has 6 nitrogen and oxygen atoms in total. The van der Waals surface area contributed by atoms with Crippen LogP contribution in [0.1, 0.15) is 5.56 Å². The Balaban J connectivity index is 2.16. The summed E-state index contributed by atoms with van der Waals surface area (Å²) in [7, 11) is 0. The number of carbonyl (C=O) groups excluding carboxylic acids is 1. The Hall–Kier alpha value is -2.27. The largest absolute Gasteiger partial charge is 0.480 e. The summed E-state index contributed by atoms with van der Waals surface area (Å²) in [5.74, 6) is -1.09. The number of benzene rings is 1. The maximum absolute atomic E-state index is 13.0. The topological polar surface area (TPSA) is 93.4 Å². The second-order valence-electron chi connectivity index (χ2n) is 4.06. The number of hydrogen-bond acceptors (Lipinski definition) is 4. The van der Waals surface area contributed by atoms with Crippen molar-refractivity contribution >= 4 is 29.4 Å². The molecule has 1 aromatic carbocycles. The predicted octanol–water partition coefficient (Wildman–Crippen LogP) is 1.69. The van der Waals surface area contributed by atoms with E-state index < -0.39 is 23.9 Å². The number of thioether (sulfide) groups is 1. The molecule has 2 amide bonds. The molecule has 8 heteroatoms. The van der Waals surface area contributed by atoms with E-state index in [2.05, 4.69) is 5.32 Å². The Labute approximate surface area is 118 Å². The molecule has 2 N–H and O–H groups in total. The van der Waals surface area contributed by atoms with Crippen LogP contribution in [0.2, 0.25) is 0 Å². The molecule has 1 aliphatic heterocycles. The molecule has 0 bridgehead atoms. The molecule has 20 heavy (non-hydrogen) atoms. The first-order valence-electron chi connectivity index (χ1n) is 5.60. The summed E-state index contributed by atoms with van der Waals surface area (Å²) in [5, 5.41) is 20.3. The quantitative estimate of drug-likeness (QED) is 0.866. The van der Waals surface area contributed by atoms with Gasteiger partial charge in [0.2, 0.25) is 0 Å². The van der Waals surface area contributed by atoms with E-state index in [4.69, 9.17) is 10.4 Å². The standard InChI is InChI=1S/C12H10FN3O3S/c13-8-1-2-9(7(3-8)4-14)15-12(19)16-6-20-5-10(16)11(17)18/h1-3,10H,5-6H2,(H,15,19)(H,17,18). The van der Waals surface area contributed by atoms with Gasteiger partial charge in [0.15, 0.2) is 0 Å². The average molecular weight is 295 g/mol. The van der Waals surface area contributed by atoms with E-state index in [0.717, 1.165) is 17.0 Å². The Kier molecular flexibility index (Phi) is 4.10. The molecule has 0 spiro atoms. The van der Waals surface area contributed by atoms with Gasteiger partial charge in [-0.1, -0.05) is 0 Å². The van der Waals surface area contributed by atoms with Crippen LogP contribution in [0, 0.1) is 17.1 Å². The van der Waals surface area contributed by atoms with Gasteiger partial charge in [0.25, 0.3) is 0 Å². The molecule has 104 valence electrons. The van der Waals surface area contributed by atoms with Gasteiger partial charge >= 0.3 is 12.0 Å². The molecule has 0 saturated carbocycles. The van der Waals surface area contributed by atoms with Crippen molar-refractivity contribution in [3.05, 3.63) is 29.6 Å². The van der Waals surface area contributed by atoms with Crippen LogP contribution in [0.3, 0.4) is 0 Å². The number of rotatable bonds is 2. The summed E-state index contributed by atoms with van der Waals surface area (Å²) in [4.78, 5) is 24.2. The number of anilines is 1. The minimum Gasteiger partial charge on any atom is -0.480 e. The van der Waals surface area contributed by atoms with Crippen LogP contribution >= 0.6 is 11.8 Å². The van der Waals surface area contributed by atoms with Gasteiger partial charge in [-0.05, 0) is 18.2 Å². The van der Waals surface area contributed by atoms with E-state index >= 15 is 0 Å². The zero-order valence-corrected chi connectivity index (χ0v) is 11.0. The van der Waals surface area contributed by atoms with Crippen LogP contribution < -0.4 is 5.32 Å². The number of nitrogens with one attached hydrogen (secondary N) is 1. The maximum Gasteiger partial charge on any atom is 0.327 e. The Morgan fingerprint density at radius 3 is 2.95 bits per heavy atom. The van der Waals surface area contributed by atoms with Gasteiger partial charge in [0.05, 0.1) is 17.1 Å². The van der Waals surface area contributed by atoms with E-state index in [1.54, 1.807) is 6.07 Å². The molecule has 1 fully saturated rings. The molecule has 0 aromatic heterocycles. The van der Waals surface area contributed by atoms with E-state index in [0.29, 0.717) is 5.75 Å². The number of aliphatic carboxylic acids is 1. The van der Waals surface area contributed by atoms with Gasteiger partial charge in [-0.25, -0.2) is 14.0 Å². The summed E-state index contributed by atoms with van der Waals surface area (Å²) >= 11 is 1.33. The average Bonchev–Trinajstić information content (AvgIpc) is 2.90. The first-order chi connectivity index (χ1) is 9.52. The van der Waals surface area contributed by atoms with Crippen LogP contribution in [0.4, 0.5) is 14.9 Å². The van der Waals surface area contributed by atoms with Crippen LogP contribution in [0.25, 0.3) is 0 Å². The maximum atomic E-state index is 13.0. The number of halogens is 1. The van der Waals surface area contributed by atoms with E-state index in [1.165, 1.54) is 17.8 Å². The van der Waals surface area contributed by atoms with E-state index in [1.807, 2.05) is 0 Å². The molecule has 0 aliphatic carbocycles. The minimum atomic E-state index is -1.08. The number of hydrogen-bond donors (Lipinski definition) is 2. The summed E-state index contributed by atoms with van der Waals surface area (Å²) in [6.07, 6.45) is 0. The zero-order chi connectivity index (χ0) is 14.7. The van der Waals surface area contributed by atoms with Crippen molar-refractivity contribution in [2.75, 3.05) is 16.9 Å². The summed E-state index contributed by atoms with van der Waals surface area (Å²) in [5.41, 5.74) is 0.136. The lowest BCUT2D eigenvalue weighted by Crippen LogP contribution is -2.44. The lowest BCUT2D eigenvalue weighted by atomic mass is 10.2. The lowest BCUT2D eigenvalue weighted by Gasteiger charge is -2.21. The molecule has 1 saturated heterocycles. The first kappa shape index (κ1) is 14.1. The Morgan fingerprint density at radius 1 is 1.55 bits per heavy atom. The van der Waals surface area contributed by atoms with Gasteiger partial charge in [-0.15, -0.1) is 11.8 Å². The number of carboxylic acids is 1. The summed E-state index contributed by atoms with van der Waals surface area (Å²) in [6.45, 7) is 0. The number of nitriles is 1. The highest BCUT2D eigenvalue weighted by Crippen LogP contribution is 2.23. The van der Waals surface area contributed by atoms with Crippen LogP contribution in [0.5, 0.6) is 0 Å². The highest BCUT2D eigenvalue weighted by molar-refractivity contribution is 7.99. The fourth-order valence-electron chi connectivity index (χ4n) is 1.75. The number of amides is 2. The molecule has 1 atom stereocenters. The van der Waals surface area contributed by atoms with Crippen molar-refractivity contribution in [1.82, 2.24) is 4.90 Å². The number of carbonyl (C=O) groups is 2. The van der Waals surface area contributed by atoms with Crippen LogP contribution in [-0.2, 0) is 4.79 Å². The van der Waals surface area contributed by atoms with Gasteiger partial charge in [-0.2, -0.15) is 5.26 Å². The van der Waals surface area contributed by atoms with Crippen molar-refractivity contribution < 1.29 is 19.1 Å². The number of urea groups is 1. The first-order valence-corrected chi connectivity index (χ1v) is 6.76. The molecular weight excluding hydrogens is 285 g/mol. The molecule has 1 aliphatic rings. The van der Waals surface area contributed by atoms with Crippen molar-refractivity contribution in [1.29, 1.82) is 5.26 Å². The number of carboxylic acid groups (broad SMARTS) is 1. The molecule has 1 heterocycles. The Morgan fingerprint density at radius 2 is 2.30 bits per heavy atom. The van der Waals surface area contributed by atoms with Gasteiger partial charge in [-0.3, -0.25) is 0 Å². The fourth-order valence-corrected chi connectivity index (χ4v) is 2.90. The van der Waals surface area contributed by atoms with Crippen molar-refractivity contribution in [3.8, 4) is 6.07 Å². The highest BCUT2D eigenvalue weighted by atomic mass is 32.2. The Bertz CT molecular complexity index is 602. The molecule has 1 unspecified atom stereocenters. The molecule has 2 rings (SSSR count). The minimum absolute atomic E-state index is 0.0166. The summed E-state index contributed by atoms with van der Waals surface area (Å²) in [6, 6.07) is 3.64. The SMILES string of the molecule is N#Cc1cc(F)ccc1NC(=O)N1CSCC1C(=O)O. The third-order valence-electron chi connectivity index (χ3n) is 2.77. The zero-order valence-electron chi connectivity index (χ0n) is 10.2. The molecular formula is C12H10FN3O3S. The molecule has 0 radical (unpaired) electrons. The van der Waals surface area contributed by atoms with Gasteiger partial charge in [0.1, 0.15) is 17.9 Å². The van der Waals surface area contributed by atoms with Crippen molar-refractivity contribution in [2.24, 2.45) is 0 Å². The molecule has 1 aromatic rings. The van der Waals surface area contributed by atoms with Crippen LogP contribution in [0.15, 0.2) is 18.2 Å². The fraction of sp³-hybridized carbons (Fsp3) is 0.250. The lowest BCUT2D eigenvalue weighted by molar-refractivity contribution is -0.140. The second-order valence-corrected chi connectivity index (χ2v) is 5.06. The predicted molar refractivity (Wildman–Crippen MR) is 70.7 cm³/mol. The van der Waals surface area contributed by atoms with Crippen LogP contribution in [-0.4, -0.2) is 39.7 Å². The van der Waals surface area contributed by atoms with Gasteiger partial charge < -0.3 is 15.3 Å². The van der Waals surface area contributed by atoms with Gasteiger partial charge in [0, 0.05) is 5.75 Å². The smallest absolute Gasteiger partial charge is 0.327 e. The van der Waals surface area contributed by atoms with Crippen molar-refractivity contribution in [2.45, 2.75) is 6.04 Å². The third kappa shape index (κ3) is 2.83. The monoisotopic (exact) mass is 295 g/mol. The second kappa shape index (κ2) is 5.79. The summed E-state index contributed by atoms with van der Waals surface area (Å²) < 4.78 is 13.0. The van der Waals surface area contributed by atoms with E-state index in [-0.39, 0.29) is 17.1 Å². The third-order valence-corrected chi connectivity index (χ3v) is 3.78. The van der Waals surface area contributed by atoms with Crippen molar-refractivity contribution in [3.63, 3.8) is 0 Å². The van der Waals surface area contributed by atoms with E-state index in [9.17, 15) is 14.0 Å².